The van der Waals surface area contributed by atoms with Crippen LogP contribution < -0.4 is 5.73 Å². The zero-order valence-corrected chi connectivity index (χ0v) is 18.6. The first-order valence-corrected chi connectivity index (χ1v) is 11.4. The summed E-state index contributed by atoms with van der Waals surface area (Å²) in [6.07, 6.45) is 1.02. The molecule has 0 aromatic carbocycles. The molecule has 0 bridgehead atoms. The van der Waals surface area contributed by atoms with Crippen molar-refractivity contribution < 1.29 is 28.0 Å². The van der Waals surface area contributed by atoms with E-state index in [1.807, 2.05) is 27.7 Å². The summed E-state index contributed by atoms with van der Waals surface area (Å²) in [6.45, 7) is 8.21. The number of nitrogens with zero attached hydrogens (tertiary/aromatic N) is 4. The molecule has 3 rings (SSSR count). The van der Waals surface area contributed by atoms with Crippen LogP contribution in [0.15, 0.2) is 12.7 Å². The van der Waals surface area contributed by atoms with Crippen LogP contribution in [0.25, 0.3) is 11.2 Å². The SMILES string of the molecule is CC(C)COP(=O)(OCC(C)C)OCC1CC(O)C(n2cnc3c(N)ncnc32)O1. The number of imidazole rings is 1. The van der Waals surface area contributed by atoms with Crippen molar-refractivity contribution in [2.24, 2.45) is 11.8 Å². The number of nitrogens with two attached hydrogens (primary N) is 1. The number of hydrogen-bond donors (Lipinski definition) is 2. The predicted octanol–water partition coefficient (Wildman–Crippen LogP) is 2.53. The maximum atomic E-state index is 13.0. The number of aromatic nitrogens is 4. The molecule has 1 saturated heterocycles. The molecule has 3 N–H and O–H groups in total. The normalized spacial score (nSPS) is 22.6. The van der Waals surface area contributed by atoms with Crippen molar-refractivity contribution in [1.29, 1.82) is 0 Å². The highest BCUT2D eigenvalue weighted by Gasteiger charge is 2.38. The Balaban J connectivity index is 1.65. The molecule has 0 saturated carbocycles. The van der Waals surface area contributed by atoms with Crippen LogP contribution in [0.2, 0.25) is 0 Å². The van der Waals surface area contributed by atoms with E-state index in [1.165, 1.54) is 12.7 Å². The lowest BCUT2D eigenvalue weighted by molar-refractivity contribution is -0.0504. The van der Waals surface area contributed by atoms with E-state index in [0.29, 0.717) is 11.2 Å². The zero-order chi connectivity index (χ0) is 21.9. The zero-order valence-electron chi connectivity index (χ0n) is 17.7. The minimum absolute atomic E-state index is 0.0508. The maximum Gasteiger partial charge on any atom is 0.474 e. The average molecular weight is 443 g/mol. The molecule has 1 aliphatic heterocycles. The fraction of sp³-hybridized carbons (Fsp3) is 0.722. The van der Waals surface area contributed by atoms with Gasteiger partial charge >= 0.3 is 7.82 Å². The van der Waals surface area contributed by atoms with Gasteiger partial charge in [-0.25, -0.2) is 19.5 Å². The minimum Gasteiger partial charge on any atom is -0.388 e. The Morgan fingerprint density at radius 2 is 1.87 bits per heavy atom. The van der Waals surface area contributed by atoms with Crippen molar-refractivity contribution in [2.45, 2.75) is 52.6 Å². The number of rotatable bonds is 10. The molecule has 11 nitrogen and oxygen atoms in total. The second-order valence-corrected chi connectivity index (χ2v) is 9.83. The Labute approximate surface area is 175 Å². The fourth-order valence-corrected chi connectivity index (χ4v) is 4.44. The first kappa shape index (κ1) is 23.1. The number of fused-ring (bicyclic) bond motifs is 1. The Morgan fingerprint density at radius 1 is 1.20 bits per heavy atom. The first-order valence-electron chi connectivity index (χ1n) is 9.98. The third kappa shape index (κ3) is 5.54. The Hall–Kier alpha value is -1.62. The van der Waals surface area contributed by atoms with Gasteiger partial charge in [-0.15, -0.1) is 0 Å². The van der Waals surface area contributed by atoms with E-state index in [0.717, 1.165) is 0 Å². The van der Waals surface area contributed by atoms with Gasteiger partial charge in [-0.3, -0.25) is 18.1 Å². The van der Waals surface area contributed by atoms with Crippen LogP contribution in [0, 0.1) is 11.8 Å². The Kier molecular flexibility index (Phi) is 7.43. The second kappa shape index (κ2) is 9.67. The molecule has 0 spiro atoms. The van der Waals surface area contributed by atoms with Gasteiger partial charge in [0, 0.05) is 6.42 Å². The van der Waals surface area contributed by atoms with Crippen LogP contribution >= 0.6 is 7.82 Å². The summed E-state index contributed by atoms with van der Waals surface area (Å²) in [6, 6.07) is 0. The number of ether oxygens (including phenoxy) is 1. The smallest absolute Gasteiger partial charge is 0.388 e. The van der Waals surface area contributed by atoms with Gasteiger partial charge < -0.3 is 15.6 Å². The average Bonchev–Trinajstić information content (AvgIpc) is 3.27. The summed E-state index contributed by atoms with van der Waals surface area (Å²) in [4.78, 5) is 12.3. The monoisotopic (exact) mass is 443 g/mol. The molecule has 3 unspecified atom stereocenters. The molecule has 3 atom stereocenters. The van der Waals surface area contributed by atoms with Gasteiger partial charge in [-0.1, -0.05) is 27.7 Å². The van der Waals surface area contributed by atoms with Crippen LogP contribution in [0.4, 0.5) is 5.82 Å². The van der Waals surface area contributed by atoms with Crippen molar-refractivity contribution >= 4 is 24.8 Å². The lowest BCUT2D eigenvalue weighted by Crippen LogP contribution is -2.19. The first-order chi connectivity index (χ1) is 14.2. The van der Waals surface area contributed by atoms with E-state index in [-0.39, 0.29) is 43.9 Å². The second-order valence-electron chi connectivity index (χ2n) is 8.16. The van der Waals surface area contributed by atoms with Gasteiger partial charge in [0.05, 0.1) is 32.3 Å². The highest BCUT2D eigenvalue weighted by molar-refractivity contribution is 7.48. The van der Waals surface area contributed by atoms with E-state index in [9.17, 15) is 9.67 Å². The summed E-state index contributed by atoms with van der Waals surface area (Å²) < 4.78 is 36.9. The van der Waals surface area contributed by atoms with Gasteiger partial charge in [-0.05, 0) is 11.8 Å². The van der Waals surface area contributed by atoms with Gasteiger partial charge in [-0.2, -0.15) is 0 Å². The van der Waals surface area contributed by atoms with Crippen LogP contribution in [-0.2, 0) is 22.9 Å². The van der Waals surface area contributed by atoms with Crippen molar-refractivity contribution in [3.63, 3.8) is 0 Å². The number of phosphoric acid groups is 1. The molecule has 168 valence electrons. The number of hydrogen-bond acceptors (Lipinski definition) is 10. The Bertz CT molecular complexity index is 875. The highest BCUT2D eigenvalue weighted by atomic mass is 31.2. The molecule has 1 fully saturated rings. The van der Waals surface area contributed by atoms with E-state index in [1.54, 1.807) is 4.57 Å². The summed E-state index contributed by atoms with van der Waals surface area (Å²) in [5.41, 5.74) is 6.71. The van der Waals surface area contributed by atoms with E-state index in [4.69, 9.17) is 24.0 Å². The molecule has 12 heteroatoms. The highest BCUT2D eigenvalue weighted by Crippen LogP contribution is 2.50. The van der Waals surface area contributed by atoms with Crippen molar-refractivity contribution in [3.05, 3.63) is 12.7 Å². The fourth-order valence-electron chi connectivity index (χ4n) is 2.91. The molecule has 2 aromatic heterocycles. The number of aliphatic hydroxyl groups is 1. The van der Waals surface area contributed by atoms with Crippen molar-refractivity contribution in [1.82, 2.24) is 19.5 Å². The van der Waals surface area contributed by atoms with E-state index >= 15 is 0 Å². The number of phosphoric ester groups is 1. The molecule has 0 radical (unpaired) electrons. The summed E-state index contributed by atoms with van der Waals surface area (Å²) in [5, 5.41) is 10.5. The molecule has 0 aliphatic carbocycles. The predicted molar refractivity (Wildman–Crippen MR) is 109 cm³/mol. The standard InChI is InChI=1S/C18H30N5O6P/c1-11(2)6-26-30(25,27-7-12(3)4)28-8-13-5-14(24)18(29-13)23-10-22-15-16(19)20-9-21-17(15)23/h9-14,18,24H,5-8H2,1-4H3,(H2,19,20,21). The molecule has 30 heavy (non-hydrogen) atoms. The van der Waals surface area contributed by atoms with Crippen LogP contribution in [0.1, 0.15) is 40.3 Å². The molecule has 3 heterocycles. The summed E-state index contributed by atoms with van der Waals surface area (Å²) in [7, 11) is -3.74. The Morgan fingerprint density at radius 3 is 2.50 bits per heavy atom. The third-order valence-corrected chi connectivity index (χ3v) is 5.77. The quantitative estimate of drug-likeness (QED) is 0.526. The largest absolute Gasteiger partial charge is 0.474 e. The number of anilines is 1. The molecular weight excluding hydrogens is 413 g/mol. The third-order valence-electron chi connectivity index (χ3n) is 4.38. The molecular formula is C18H30N5O6P. The van der Waals surface area contributed by atoms with Crippen LogP contribution in [-0.4, -0.2) is 56.7 Å². The van der Waals surface area contributed by atoms with Crippen LogP contribution in [0.3, 0.4) is 0 Å². The lowest BCUT2D eigenvalue weighted by Gasteiger charge is -2.22. The van der Waals surface area contributed by atoms with Crippen LogP contribution in [0.5, 0.6) is 0 Å². The lowest BCUT2D eigenvalue weighted by atomic mass is 10.2. The van der Waals surface area contributed by atoms with Gasteiger partial charge in [0.15, 0.2) is 17.7 Å². The van der Waals surface area contributed by atoms with E-state index < -0.39 is 26.3 Å². The van der Waals surface area contributed by atoms with E-state index in [2.05, 4.69) is 15.0 Å². The summed E-state index contributed by atoms with van der Waals surface area (Å²) in [5.74, 6) is 0.585. The summed E-state index contributed by atoms with van der Waals surface area (Å²) >= 11 is 0. The van der Waals surface area contributed by atoms with Gasteiger partial charge in [0.1, 0.15) is 17.9 Å². The number of aliphatic hydroxyl groups excluding tert-OH is 1. The van der Waals surface area contributed by atoms with Crippen molar-refractivity contribution in [2.75, 3.05) is 25.6 Å². The molecule has 1 aliphatic rings. The molecule has 2 aromatic rings. The van der Waals surface area contributed by atoms with Gasteiger partial charge in [0.25, 0.3) is 0 Å². The van der Waals surface area contributed by atoms with Gasteiger partial charge in [0.2, 0.25) is 0 Å². The number of nitrogen functional groups attached to an aromatic ring is 1. The topological polar surface area (TPSA) is 144 Å². The minimum atomic E-state index is -3.74. The van der Waals surface area contributed by atoms with Crippen molar-refractivity contribution in [3.8, 4) is 0 Å². The maximum absolute atomic E-state index is 13.0. The molecule has 0 amide bonds.